The minimum absolute atomic E-state index is 0.0142. The molecule has 1 saturated carbocycles. The van der Waals surface area contributed by atoms with E-state index in [1.54, 1.807) is 6.08 Å². The third kappa shape index (κ3) is 3.42. The van der Waals surface area contributed by atoms with Crippen LogP contribution >= 0.6 is 0 Å². The van der Waals surface area contributed by atoms with E-state index in [1.165, 1.54) is 0 Å². The molecule has 4 rings (SSSR count). The standard InChI is InChI=1S/C23H30N2O2/c1-17-19-9-5-10-22(27)25-16-6-14-23(19,25)15-13-20(17)24-21(26)12-11-18-7-3-2-4-8-18/h2-4,7-8,11-12,17,19-20H,5-6,9-10,13-16H2,1H3,(H,24,26)/b12-11+/t17-,19+,20+,23-/m1/s1. The Bertz CT molecular complexity index is 729. The first-order chi connectivity index (χ1) is 13.1. The van der Waals surface area contributed by atoms with Crippen molar-refractivity contribution in [1.82, 2.24) is 10.2 Å². The molecular formula is C23H30N2O2. The Balaban J connectivity index is 1.45. The van der Waals surface area contributed by atoms with E-state index in [4.69, 9.17) is 0 Å². The highest BCUT2D eigenvalue weighted by atomic mass is 16.2. The molecule has 2 amide bonds. The van der Waals surface area contributed by atoms with Crippen molar-refractivity contribution in [2.24, 2.45) is 11.8 Å². The smallest absolute Gasteiger partial charge is 0.244 e. The van der Waals surface area contributed by atoms with Crippen molar-refractivity contribution < 1.29 is 9.59 Å². The van der Waals surface area contributed by atoms with Gasteiger partial charge in [0.25, 0.3) is 0 Å². The SMILES string of the molecule is C[C@H]1[C@@H](NC(=O)/C=C/c2ccccc2)CC[C@@]23CCCN2C(=O)CCC[C@@H]13. The first-order valence-electron chi connectivity index (χ1n) is 10.4. The number of carbonyl (C=O) groups is 2. The molecule has 27 heavy (non-hydrogen) atoms. The van der Waals surface area contributed by atoms with Crippen molar-refractivity contribution >= 4 is 17.9 Å². The third-order valence-corrected chi connectivity index (χ3v) is 7.14. The lowest BCUT2D eigenvalue weighted by molar-refractivity contribution is -0.138. The summed E-state index contributed by atoms with van der Waals surface area (Å²) >= 11 is 0. The van der Waals surface area contributed by atoms with Crippen LogP contribution in [0.4, 0.5) is 0 Å². The Morgan fingerprint density at radius 1 is 1.19 bits per heavy atom. The van der Waals surface area contributed by atoms with E-state index in [-0.39, 0.29) is 17.5 Å². The summed E-state index contributed by atoms with van der Waals surface area (Å²) in [5.74, 6) is 1.25. The molecule has 2 saturated heterocycles. The molecule has 0 unspecified atom stereocenters. The average molecular weight is 367 g/mol. The Morgan fingerprint density at radius 3 is 2.81 bits per heavy atom. The molecule has 3 fully saturated rings. The molecule has 144 valence electrons. The summed E-state index contributed by atoms with van der Waals surface area (Å²) in [6, 6.07) is 10.1. The van der Waals surface area contributed by atoms with E-state index in [9.17, 15) is 9.59 Å². The lowest BCUT2D eigenvalue weighted by atomic mass is 9.63. The number of hydrogen-bond donors (Lipinski definition) is 1. The highest BCUT2D eigenvalue weighted by molar-refractivity contribution is 5.91. The topological polar surface area (TPSA) is 49.4 Å². The largest absolute Gasteiger partial charge is 0.350 e. The van der Waals surface area contributed by atoms with Crippen LogP contribution in [0.25, 0.3) is 6.08 Å². The van der Waals surface area contributed by atoms with Gasteiger partial charge in [-0.05, 0) is 62.0 Å². The molecule has 4 heteroatoms. The van der Waals surface area contributed by atoms with Gasteiger partial charge in [-0.2, -0.15) is 0 Å². The predicted octanol–water partition coefficient (Wildman–Crippen LogP) is 3.78. The predicted molar refractivity (Wildman–Crippen MR) is 107 cm³/mol. The summed E-state index contributed by atoms with van der Waals surface area (Å²) in [5.41, 5.74) is 1.10. The van der Waals surface area contributed by atoms with Crippen molar-refractivity contribution in [2.75, 3.05) is 6.54 Å². The molecule has 4 nitrogen and oxygen atoms in total. The van der Waals surface area contributed by atoms with Gasteiger partial charge in [0.2, 0.25) is 11.8 Å². The van der Waals surface area contributed by atoms with Crippen LogP contribution in [0.5, 0.6) is 0 Å². The van der Waals surface area contributed by atoms with Gasteiger partial charge in [-0.1, -0.05) is 37.3 Å². The van der Waals surface area contributed by atoms with E-state index in [1.807, 2.05) is 36.4 Å². The number of nitrogens with one attached hydrogen (secondary N) is 1. The fraction of sp³-hybridized carbons (Fsp3) is 0.565. The maximum atomic E-state index is 12.6. The minimum Gasteiger partial charge on any atom is -0.350 e. The van der Waals surface area contributed by atoms with Crippen molar-refractivity contribution in [3.8, 4) is 0 Å². The summed E-state index contributed by atoms with van der Waals surface area (Å²) in [6.45, 7) is 3.21. The number of hydrogen-bond acceptors (Lipinski definition) is 2. The summed E-state index contributed by atoms with van der Waals surface area (Å²) in [7, 11) is 0. The van der Waals surface area contributed by atoms with Crippen molar-refractivity contribution in [1.29, 1.82) is 0 Å². The van der Waals surface area contributed by atoms with E-state index in [0.29, 0.717) is 24.2 Å². The quantitative estimate of drug-likeness (QED) is 0.828. The van der Waals surface area contributed by atoms with Crippen molar-refractivity contribution in [3.63, 3.8) is 0 Å². The molecule has 0 bridgehead atoms. The second-order valence-electron chi connectivity index (χ2n) is 8.51. The number of nitrogens with zero attached hydrogens (tertiary/aromatic N) is 1. The zero-order chi connectivity index (χ0) is 18.9. The van der Waals surface area contributed by atoms with E-state index < -0.39 is 0 Å². The van der Waals surface area contributed by atoms with Crippen LogP contribution in [0.1, 0.15) is 57.4 Å². The molecule has 3 aliphatic rings. The van der Waals surface area contributed by atoms with Gasteiger partial charge in [0, 0.05) is 30.6 Å². The number of carbonyl (C=O) groups excluding carboxylic acids is 2. The normalized spacial score (nSPS) is 33.4. The molecule has 1 aromatic rings. The van der Waals surface area contributed by atoms with Crippen LogP contribution in [-0.2, 0) is 9.59 Å². The Hall–Kier alpha value is -2.10. The molecule has 0 radical (unpaired) electrons. The van der Waals surface area contributed by atoms with E-state index in [0.717, 1.165) is 50.6 Å². The van der Waals surface area contributed by atoms with Crippen molar-refractivity contribution in [2.45, 2.75) is 63.5 Å². The van der Waals surface area contributed by atoms with Gasteiger partial charge >= 0.3 is 0 Å². The third-order valence-electron chi connectivity index (χ3n) is 7.14. The average Bonchev–Trinajstić information content (AvgIpc) is 3.04. The van der Waals surface area contributed by atoms with Crippen LogP contribution in [0, 0.1) is 11.8 Å². The number of benzene rings is 1. The van der Waals surface area contributed by atoms with Gasteiger partial charge in [0.15, 0.2) is 0 Å². The maximum Gasteiger partial charge on any atom is 0.244 e. The molecule has 0 aromatic heterocycles. The van der Waals surface area contributed by atoms with Gasteiger partial charge in [0.1, 0.15) is 0 Å². The molecular weight excluding hydrogens is 336 g/mol. The number of rotatable bonds is 3. The summed E-state index contributed by atoms with van der Waals surface area (Å²) < 4.78 is 0. The van der Waals surface area contributed by atoms with Crippen LogP contribution in [0.15, 0.2) is 36.4 Å². The summed E-state index contributed by atoms with van der Waals surface area (Å²) in [5, 5.41) is 3.25. The fourth-order valence-corrected chi connectivity index (χ4v) is 5.85. The van der Waals surface area contributed by atoms with Gasteiger partial charge in [-0.15, -0.1) is 0 Å². The van der Waals surface area contributed by atoms with Crippen LogP contribution in [0.3, 0.4) is 0 Å². The monoisotopic (exact) mass is 366 g/mol. The van der Waals surface area contributed by atoms with E-state index >= 15 is 0 Å². The zero-order valence-electron chi connectivity index (χ0n) is 16.2. The summed E-state index contributed by atoms with van der Waals surface area (Å²) in [4.78, 5) is 27.3. The molecule has 1 aliphatic carbocycles. The van der Waals surface area contributed by atoms with Gasteiger partial charge < -0.3 is 10.2 Å². The Morgan fingerprint density at radius 2 is 2.00 bits per heavy atom. The molecule has 1 aromatic carbocycles. The van der Waals surface area contributed by atoms with Gasteiger partial charge in [-0.25, -0.2) is 0 Å². The molecule has 1 N–H and O–H groups in total. The first kappa shape index (κ1) is 18.3. The Kier molecular flexibility index (Phi) is 5.07. The number of amides is 2. The molecule has 1 spiro atoms. The summed E-state index contributed by atoms with van der Waals surface area (Å²) in [6.07, 6.45) is 10.6. The van der Waals surface area contributed by atoms with E-state index in [2.05, 4.69) is 17.1 Å². The lowest BCUT2D eigenvalue weighted by Crippen LogP contribution is -2.59. The maximum absolute atomic E-state index is 12.6. The zero-order valence-corrected chi connectivity index (χ0v) is 16.2. The Labute approximate surface area is 162 Å². The van der Waals surface area contributed by atoms with Crippen LogP contribution in [0.2, 0.25) is 0 Å². The first-order valence-corrected chi connectivity index (χ1v) is 10.4. The minimum atomic E-state index is -0.0142. The lowest BCUT2D eigenvalue weighted by Gasteiger charge is -2.52. The van der Waals surface area contributed by atoms with Gasteiger partial charge in [-0.3, -0.25) is 9.59 Å². The van der Waals surface area contributed by atoms with Gasteiger partial charge in [0.05, 0.1) is 0 Å². The van der Waals surface area contributed by atoms with Crippen molar-refractivity contribution in [3.05, 3.63) is 42.0 Å². The molecule has 2 heterocycles. The van der Waals surface area contributed by atoms with Crippen LogP contribution < -0.4 is 5.32 Å². The van der Waals surface area contributed by atoms with Crippen LogP contribution in [-0.4, -0.2) is 34.8 Å². The second-order valence-corrected chi connectivity index (χ2v) is 8.51. The second kappa shape index (κ2) is 7.49. The fourth-order valence-electron chi connectivity index (χ4n) is 5.85. The highest BCUT2D eigenvalue weighted by Crippen LogP contribution is 2.51. The molecule has 2 aliphatic heterocycles. The molecule has 4 atom stereocenters. The highest BCUT2D eigenvalue weighted by Gasteiger charge is 2.55.